The number of carbonyl (C=O) groups excluding carboxylic acids is 1. The molecule has 3 heteroatoms. The molecule has 0 aromatic heterocycles. The molecule has 0 saturated carbocycles. The molecule has 0 unspecified atom stereocenters. The number of benzene rings is 1. The summed E-state index contributed by atoms with van der Waals surface area (Å²) in [6, 6.07) is 7.74. The molecule has 0 N–H and O–H groups in total. The molecule has 1 aliphatic heterocycles. The van der Waals surface area contributed by atoms with Crippen LogP contribution in [-0.2, 0) is 0 Å². The van der Waals surface area contributed by atoms with Crippen LogP contribution in [0.25, 0.3) is 0 Å². The zero-order valence-corrected chi connectivity index (χ0v) is 9.96. The van der Waals surface area contributed by atoms with E-state index in [0.29, 0.717) is 6.42 Å². The summed E-state index contributed by atoms with van der Waals surface area (Å²) in [5.41, 5.74) is 1.85. The normalized spacial score (nSPS) is 15.0. The summed E-state index contributed by atoms with van der Waals surface area (Å²) in [4.78, 5) is 13.8. The third-order valence-electron chi connectivity index (χ3n) is 2.52. The van der Waals surface area contributed by atoms with Gasteiger partial charge in [-0.1, -0.05) is 34.6 Å². The van der Waals surface area contributed by atoms with E-state index >= 15 is 0 Å². The molecule has 0 fully saturated rings. The highest BCUT2D eigenvalue weighted by molar-refractivity contribution is 9.11. The van der Waals surface area contributed by atoms with E-state index in [9.17, 15) is 4.79 Å². The van der Waals surface area contributed by atoms with Crippen LogP contribution >= 0.6 is 15.9 Å². The van der Waals surface area contributed by atoms with Gasteiger partial charge in [0.15, 0.2) is 5.78 Å². The van der Waals surface area contributed by atoms with Crippen LogP contribution in [0.5, 0.6) is 0 Å². The van der Waals surface area contributed by atoms with Gasteiger partial charge < -0.3 is 4.90 Å². The van der Waals surface area contributed by atoms with Crippen molar-refractivity contribution in [2.45, 2.75) is 6.42 Å². The van der Waals surface area contributed by atoms with E-state index in [0.717, 1.165) is 28.8 Å². The smallest absolute Gasteiger partial charge is 0.166 e. The average molecular weight is 266 g/mol. The second-order valence-corrected chi connectivity index (χ2v) is 4.75. The van der Waals surface area contributed by atoms with Gasteiger partial charge in [-0.25, -0.2) is 0 Å². The third-order valence-corrected chi connectivity index (χ3v) is 2.77. The predicted molar refractivity (Wildman–Crippen MR) is 65.7 cm³/mol. The van der Waals surface area contributed by atoms with Crippen LogP contribution in [0.1, 0.15) is 16.8 Å². The van der Waals surface area contributed by atoms with Gasteiger partial charge in [0, 0.05) is 35.2 Å². The van der Waals surface area contributed by atoms with Crippen molar-refractivity contribution < 1.29 is 4.79 Å². The Bertz CT molecular complexity index is 414. The molecule has 1 aliphatic rings. The number of anilines is 1. The van der Waals surface area contributed by atoms with Gasteiger partial charge in [-0.3, -0.25) is 4.79 Å². The number of hydrogen-bond donors (Lipinski definition) is 0. The fourth-order valence-corrected chi connectivity index (χ4v) is 2.15. The zero-order valence-electron chi connectivity index (χ0n) is 8.37. The summed E-state index contributed by atoms with van der Waals surface area (Å²) in [6.45, 7) is 5.36. The molecule has 0 saturated heterocycles. The maximum absolute atomic E-state index is 11.7. The second kappa shape index (κ2) is 4.19. The molecule has 1 heterocycles. The SMILES string of the molecule is C=C(Br)CN1CCC(=O)c2ccccc21. The highest BCUT2D eigenvalue weighted by Crippen LogP contribution is 2.27. The highest BCUT2D eigenvalue weighted by atomic mass is 79.9. The first kappa shape index (κ1) is 10.4. The number of halogens is 1. The molecular formula is C12H12BrNO. The number of Topliss-reactive ketones (excluding diaryl/α,β-unsaturated/α-hetero) is 1. The van der Waals surface area contributed by atoms with Crippen LogP contribution < -0.4 is 4.90 Å². The summed E-state index contributed by atoms with van der Waals surface area (Å²) in [7, 11) is 0. The molecule has 2 rings (SSSR count). The molecule has 78 valence electrons. The lowest BCUT2D eigenvalue weighted by molar-refractivity contribution is 0.0980. The predicted octanol–water partition coefficient (Wildman–Crippen LogP) is 2.99. The van der Waals surface area contributed by atoms with E-state index < -0.39 is 0 Å². The summed E-state index contributed by atoms with van der Waals surface area (Å²) in [5.74, 6) is 0.238. The first-order valence-electron chi connectivity index (χ1n) is 4.89. The summed E-state index contributed by atoms with van der Waals surface area (Å²) in [6.07, 6.45) is 0.595. The van der Waals surface area contributed by atoms with Crippen LogP contribution in [0, 0.1) is 0 Å². The minimum Gasteiger partial charge on any atom is -0.366 e. The van der Waals surface area contributed by atoms with E-state index in [1.165, 1.54) is 0 Å². The number of ketones is 1. The van der Waals surface area contributed by atoms with Crippen LogP contribution in [0.15, 0.2) is 35.3 Å². The lowest BCUT2D eigenvalue weighted by Crippen LogP contribution is -2.32. The fraction of sp³-hybridized carbons (Fsp3) is 0.250. The summed E-state index contributed by atoms with van der Waals surface area (Å²) in [5, 5.41) is 0. The van der Waals surface area contributed by atoms with E-state index in [1.807, 2.05) is 24.3 Å². The fourth-order valence-electron chi connectivity index (χ4n) is 1.85. The van der Waals surface area contributed by atoms with Crippen molar-refractivity contribution >= 4 is 27.4 Å². The Morgan fingerprint density at radius 3 is 2.93 bits per heavy atom. The largest absolute Gasteiger partial charge is 0.366 e. The number of fused-ring (bicyclic) bond motifs is 1. The highest BCUT2D eigenvalue weighted by Gasteiger charge is 2.22. The first-order chi connectivity index (χ1) is 7.18. The molecule has 0 spiro atoms. The zero-order chi connectivity index (χ0) is 10.8. The molecule has 1 aromatic rings. The quantitative estimate of drug-likeness (QED) is 0.820. The number of carbonyl (C=O) groups is 1. The maximum Gasteiger partial charge on any atom is 0.166 e. The van der Waals surface area contributed by atoms with E-state index in [-0.39, 0.29) is 5.78 Å². The molecule has 1 aromatic carbocycles. The van der Waals surface area contributed by atoms with Crippen molar-refractivity contribution in [2.24, 2.45) is 0 Å². The van der Waals surface area contributed by atoms with Crippen molar-refractivity contribution in [1.82, 2.24) is 0 Å². The van der Waals surface area contributed by atoms with Gasteiger partial charge in [-0.2, -0.15) is 0 Å². The lowest BCUT2D eigenvalue weighted by Gasteiger charge is -2.30. The van der Waals surface area contributed by atoms with Crippen molar-refractivity contribution in [1.29, 1.82) is 0 Å². The van der Waals surface area contributed by atoms with E-state index in [4.69, 9.17) is 0 Å². The molecule has 0 amide bonds. The van der Waals surface area contributed by atoms with E-state index in [1.54, 1.807) is 0 Å². The van der Waals surface area contributed by atoms with E-state index in [2.05, 4.69) is 27.4 Å². The second-order valence-electron chi connectivity index (χ2n) is 3.63. The van der Waals surface area contributed by atoms with Gasteiger partial charge in [0.2, 0.25) is 0 Å². The van der Waals surface area contributed by atoms with Crippen molar-refractivity contribution in [3.8, 4) is 0 Å². The number of nitrogens with zero attached hydrogens (tertiary/aromatic N) is 1. The Morgan fingerprint density at radius 2 is 2.20 bits per heavy atom. The molecule has 0 radical (unpaired) electrons. The Labute approximate surface area is 97.7 Å². The Morgan fingerprint density at radius 1 is 1.47 bits per heavy atom. The van der Waals surface area contributed by atoms with Gasteiger partial charge >= 0.3 is 0 Å². The molecule has 0 atom stereocenters. The molecule has 15 heavy (non-hydrogen) atoms. The third kappa shape index (κ3) is 2.12. The Kier molecular flexibility index (Phi) is 2.91. The Balaban J connectivity index is 2.36. The monoisotopic (exact) mass is 265 g/mol. The van der Waals surface area contributed by atoms with Crippen LogP contribution in [-0.4, -0.2) is 18.9 Å². The summed E-state index contributed by atoms with van der Waals surface area (Å²) < 4.78 is 0.937. The molecule has 2 nitrogen and oxygen atoms in total. The molecule has 0 bridgehead atoms. The maximum atomic E-state index is 11.7. The topological polar surface area (TPSA) is 20.3 Å². The van der Waals surface area contributed by atoms with Crippen molar-refractivity contribution in [2.75, 3.05) is 18.0 Å². The Hall–Kier alpha value is -1.09. The van der Waals surface area contributed by atoms with Gasteiger partial charge in [-0.05, 0) is 12.1 Å². The average Bonchev–Trinajstić information content (AvgIpc) is 2.22. The minimum absolute atomic E-state index is 0.238. The standard InChI is InChI=1S/C12H12BrNO/c1-9(13)8-14-7-6-12(15)10-4-2-3-5-11(10)14/h2-5H,1,6-8H2. The molecule has 0 aliphatic carbocycles. The minimum atomic E-state index is 0.238. The molecular weight excluding hydrogens is 254 g/mol. The van der Waals surface area contributed by atoms with Gasteiger partial charge in [0.1, 0.15) is 0 Å². The number of rotatable bonds is 2. The lowest BCUT2D eigenvalue weighted by atomic mass is 10.0. The van der Waals surface area contributed by atoms with Crippen LogP contribution in [0.4, 0.5) is 5.69 Å². The van der Waals surface area contributed by atoms with Gasteiger partial charge in [-0.15, -0.1) is 0 Å². The first-order valence-corrected chi connectivity index (χ1v) is 5.68. The summed E-state index contributed by atoms with van der Waals surface area (Å²) >= 11 is 3.36. The van der Waals surface area contributed by atoms with Gasteiger partial charge in [0.05, 0.1) is 0 Å². The van der Waals surface area contributed by atoms with Gasteiger partial charge in [0.25, 0.3) is 0 Å². The van der Waals surface area contributed by atoms with Crippen molar-refractivity contribution in [3.05, 3.63) is 40.9 Å². The van der Waals surface area contributed by atoms with Crippen LogP contribution in [0.3, 0.4) is 0 Å². The number of para-hydroxylation sites is 1. The van der Waals surface area contributed by atoms with Crippen LogP contribution in [0.2, 0.25) is 0 Å². The van der Waals surface area contributed by atoms with Crippen molar-refractivity contribution in [3.63, 3.8) is 0 Å². The number of hydrogen-bond acceptors (Lipinski definition) is 2.